The Bertz CT molecular complexity index is 663. The first-order chi connectivity index (χ1) is 12.5. The summed E-state index contributed by atoms with van der Waals surface area (Å²) in [4.78, 5) is 10.5. The summed E-state index contributed by atoms with van der Waals surface area (Å²) in [5, 5.41) is 8.29. The van der Waals surface area contributed by atoms with Crippen LogP contribution in [0.4, 0.5) is 5.69 Å². The predicted molar refractivity (Wildman–Crippen MR) is 105 cm³/mol. The molecule has 0 radical (unpaired) electrons. The summed E-state index contributed by atoms with van der Waals surface area (Å²) in [5.74, 6) is -0.197. The van der Waals surface area contributed by atoms with E-state index < -0.39 is 22.9 Å². The molecule has 156 valence electrons. The molecule has 0 aliphatic heterocycles. The minimum Gasteiger partial charge on any atom is -0.398 e. The van der Waals surface area contributed by atoms with Gasteiger partial charge in [-0.2, -0.15) is 8.42 Å². The number of nitrogens with zero attached hydrogens (tertiary/aromatic N) is 1. The molecule has 1 rings (SSSR count). The zero-order valence-corrected chi connectivity index (χ0v) is 17.7. The maximum Gasteiger partial charge on any atom is 0.389 e. The van der Waals surface area contributed by atoms with Gasteiger partial charge >= 0.3 is 16.3 Å². The lowest BCUT2D eigenvalue weighted by molar-refractivity contribution is -0.137. The van der Waals surface area contributed by atoms with Crippen LogP contribution in [0, 0.1) is 0 Å². The first-order valence-corrected chi connectivity index (χ1v) is 10.1. The number of hydrogen-bond acceptors (Lipinski definition) is 7. The van der Waals surface area contributed by atoms with E-state index >= 15 is 0 Å². The first-order valence-electron chi connectivity index (χ1n) is 8.72. The van der Waals surface area contributed by atoms with Crippen molar-refractivity contribution in [3.8, 4) is 0 Å². The number of aliphatic hydroxyl groups is 1. The van der Waals surface area contributed by atoms with Crippen LogP contribution in [0.1, 0.15) is 57.6 Å². The average molecular weight is 405 g/mol. The van der Waals surface area contributed by atoms with Crippen molar-refractivity contribution in [3.63, 3.8) is 0 Å². The van der Waals surface area contributed by atoms with Crippen molar-refractivity contribution in [3.05, 3.63) is 29.3 Å². The normalized spacial score (nSPS) is 11.5. The third-order valence-corrected chi connectivity index (χ3v) is 5.08. The first kappa shape index (κ1) is 25.3. The highest BCUT2D eigenvalue weighted by atomic mass is 32.2. The molecule has 0 heterocycles. The molecule has 3 N–H and O–H groups in total. The molecule has 1 aromatic carbocycles. The Labute approximate surface area is 162 Å². The van der Waals surface area contributed by atoms with E-state index in [0.717, 1.165) is 9.99 Å². The number of methoxy groups -OCH3 is 1. The minimum atomic E-state index is -4.15. The fourth-order valence-electron chi connectivity index (χ4n) is 2.26. The van der Waals surface area contributed by atoms with Gasteiger partial charge in [-0.3, -0.25) is 0 Å². The molecule has 0 aliphatic rings. The Morgan fingerprint density at radius 2 is 1.67 bits per heavy atom. The van der Waals surface area contributed by atoms with Crippen LogP contribution in [0.15, 0.2) is 18.2 Å². The second-order valence-corrected chi connectivity index (χ2v) is 7.96. The number of carbonyl (C=O) groups is 1. The summed E-state index contributed by atoms with van der Waals surface area (Å²) in [7, 11) is -2.84. The van der Waals surface area contributed by atoms with Gasteiger partial charge < -0.3 is 19.8 Å². The van der Waals surface area contributed by atoms with Gasteiger partial charge in [0.05, 0.1) is 0 Å². The molecular weight excluding hydrogens is 372 g/mol. The van der Waals surface area contributed by atoms with E-state index in [-0.39, 0.29) is 13.3 Å². The third kappa shape index (κ3) is 8.25. The highest BCUT2D eigenvalue weighted by molar-refractivity contribution is 7.84. The second-order valence-electron chi connectivity index (χ2n) is 6.42. The summed E-state index contributed by atoms with van der Waals surface area (Å²) in [6.07, 6.45) is 0. The molecule has 27 heavy (non-hydrogen) atoms. The average Bonchev–Trinajstić information content (AvgIpc) is 2.59. The minimum absolute atomic E-state index is 0.106. The number of ether oxygens (including phenoxy) is 1. The number of aliphatic hydroxyl groups excluding tert-OH is 1. The van der Waals surface area contributed by atoms with Gasteiger partial charge in [-0.25, -0.2) is 4.79 Å². The van der Waals surface area contributed by atoms with Crippen LogP contribution in [-0.4, -0.2) is 50.8 Å². The van der Waals surface area contributed by atoms with Crippen LogP contribution in [0.3, 0.4) is 0 Å². The lowest BCUT2D eigenvalue weighted by Crippen LogP contribution is -2.35. The van der Waals surface area contributed by atoms with Crippen LogP contribution in [0.5, 0.6) is 0 Å². The van der Waals surface area contributed by atoms with E-state index in [2.05, 4.69) is 54.8 Å². The lowest BCUT2D eigenvalue weighted by Gasteiger charge is -2.17. The fraction of sp³-hybridized carbons (Fsp3) is 0.611. The highest BCUT2D eigenvalue weighted by Crippen LogP contribution is 2.29. The zero-order valence-electron chi connectivity index (χ0n) is 16.9. The van der Waals surface area contributed by atoms with E-state index in [9.17, 15) is 13.2 Å². The standard InChI is InChI=1S/C12H19N.C6H13NO6S/c1-8(2)10-6-5-7-11(9(3)4)12(10)13;1-3-7(5-12-2)14(10,11)13-6(9)4-8/h5-9H,13H2,1-4H3;8H,3-5H2,1-2H3. The van der Waals surface area contributed by atoms with Crippen molar-refractivity contribution >= 4 is 22.0 Å². The number of rotatable bonds is 8. The fourth-order valence-corrected chi connectivity index (χ4v) is 3.21. The van der Waals surface area contributed by atoms with Gasteiger partial charge in [-0.05, 0) is 23.0 Å². The van der Waals surface area contributed by atoms with Gasteiger partial charge in [0.2, 0.25) is 0 Å². The molecule has 0 aliphatic carbocycles. The van der Waals surface area contributed by atoms with Crippen molar-refractivity contribution in [1.82, 2.24) is 4.31 Å². The molecule has 0 unspecified atom stereocenters. The van der Waals surface area contributed by atoms with Crippen LogP contribution < -0.4 is 5.73 Å². The van der Waals surface area contributed by atoms with Crippen molar-refractivity contribution in [2.45, 2.75) is 46.5 Å². The monoisotopic (exact) mass is 404 g/mol. The SMILES string of the molecule is CC(C)c1cccc(C(C)C)c1N.CCN(COC)S(=O)(=O)OC(=O)CO. The van der Waals surface area contributed by atoms with E-state index in [1.807, 2.05) is 0 Å². The largest absolute Gasteiger partial charge is 0.398 e. The number of anilines is 1. The molecule has 1 aromatic rings. The van der Waals surface area contributed by atoms with Crippen LogP contribution in [0.25, 0.3) is 0 Å². The molecule has 0 fully saturated rings. The maximum atomic E-state index is 11.2. The zero-order chi connectivity index (χ0) is 21.2. The number of para-hydroxylation sites is 1. The van der Waals surface area contributed by atoms with Crippen LogP contribution >= 0.6 is 0 Å². The van der Waals surface area contributed by atoms with Gasteiger partial charge in [0.15, 0.2) is 0 Å². The number of nitrogens with two attached hydrogens (primary N) is 1. The van der Waals surface area contributed by atoms with E-state index in [4.69, 9.17) is 10.8 Å². The number of nitrogen functional groups attached to an aromatic ring is 1. The summed E-state index contributed by atoms with van der Waals surface area (Å²) < 4.78 is 31.8. The van der Waals surface area contributed by atoms with Gasteiger partial charge in [-0.15, -0.1) is 4.31 Å². The van der Waals surface area contributed by atoms with Crippen LogP contribution in [-0.2, 0) is 24.0 Å². The molecule has 0 amide bonds. The van der Waals surface area contributed by atoms with Gasteiger partial charge in [0.1, 0.15) is 13.3 Å². The maximum absolute atomic E-state index is 11.2. The van der Waals surface area contributed by atoms with E-state index in [1.54, 1.807) is 6.92 Å². The molecule has 0 saturated heterocycles. The number of hydrogen-bond donors (Lipinski definition) is 2. The van der Waals surface area contributed by atoms with Gasteiger partial charge in [-0.1, -0.05) is 52.8 Å². The topological polar surface area (TPSA) is 119 Å². The number of carbonyl (C=O) groups excluding carboxylic acids is 1. The smallest absolute Gasteiger partial charge is 0.389 e. The lowest BCUT2D eigenvalue weighted by atomic mass is 9.93. The summed E-state index contributed by atoms with van der Waals surface area (Å²) in [6, 6.07) is 6.33. The summed E-state index contributed by atoms with van der Waals surface area (Å²) in [5.41, 5.74) is 9.60. The molecular formula is C18H32N2O6S. The Morgan fingerprint density at radius 3 is 2.00 bits per heavy atom. The Morgan fingerprint density at radius 1 is 1.19 bits per heavy atom. The molecule has 0 atom stereocenters. The van der Waals surface area contributed by atoms with E-state index in [0.29, 0.717) is 11.8 Å². The third-order valence-electron chi connectivity index (χ3n) is 3.69. The van der Waals surface area contributed by atoms with Crippen molar-refractivity contribution in [1.29, 1.82) is 0 Å². The van der Waals surface area contributed by atoms with Gasteiger partial charge in [0, 0.05) is 19.3 Å². The Hall–Kier alpha value is -1.68. The number of benzene rings is 1. The Kier molecular flexibility index (Phi) is 11.2. The van der Waals surface area contributed by atoms with Crippen molar-refractivity contribution in [2.75, 3.05) is 32.7 Å². The second kappa shape index (κ2) is 11.9. The Balaban J connectivity index is 0.000000501. The molecule has 0 saturated carbocycles. The molecule has 8 nitrogen and oxygen atoms in total. The van der Waals surface area contributed by atoms with Gasteiger partial charge in [0.25, 0.3) is 0 Å². The predicted octanol–water partition coefficient (Wildman–Crippen LogP) is 2.21. The van der Waals surface area contributed by atoms with Crippen molar-refractivity contribution in [2.24, 2.45) is 0 Å². The van der Waals surface area contributed by atoms with Crippen molar-refractivity contribution < 1.29 is 27.2 Å². The quantitative estimate of drug-likeness (QED) is 0.503. The summed E-state index contributed by atoms with van der Waals surface area (Å²) >= 11 is 0. The molecule has 0 bridgehead atoms. The highest BCUT2D eigenvalue weighted by Gasteiger charge is 2.24. The van der Waals surface area contributed by atoms with E-state index in [1.165, 1.54) is 18.2 Å². The van der Waals surface area contributed by atoms with Crippen LogP contribution in [0.2, 0.25) is 0 Å². The summed E-state index contributed by atoms with van der Waals surface area (Å²) in [6.45, 7) is 9.18. The molecule has 9 heteroatoms. The molecule has 0 aromatic heterocycles. The molecule has 0 spiro atoms.